The minimum absolute atomic E-state index is 0.116. The van der Waals surface area contributed by atoms with Crippen LogP contribution in [0.1, 0.15) is 10.4 Å². The van der Waals surface area contributed by atoms with Crippen molar-refractivity contribution in [1.82, 2.24) is 10.3 Å². The van der Waals surface area contributed by atoms with E-state index in [-0.39, 0.29) is 12.0 Å². The molecule has 0 saturated carbocycles. The van der Waals surface area contributed by atoms with Crippen molar-refractivity contribution in [2.24, 2.45) is 0 Å². The SMILES string of the molecule is COCC(CNC(=O)c1ccc2cc[nH]c2c1)OC. The van der Waals surface area contributed by atoms with Gasteiger partial charge in [-0.2, -0.15) is 0 Å². The first-order chi connectivity index (χ1) is 9.24. The number of hydrogen-bond donors (Lipinski definition) is 2. The van der Waals surface area contributed by atoms with Gasteiger partial charge in [0.15, 0.2) is 0 Å². The van der Waals surface area contributed by atoms with Gasteiger partial charge in [0, 0.05) is 38.0 Å². The molecule has 1 heterocycles. The van der Waals surface area contributed by atoms with Crippen LogP contribution in [0.25, 0.3) is 10.9 Å². The number of hydrogen-bond acceptors (Lipinski definition) is 3. The Balaban J connectivity index is 1.98. The molecule has 0 saturated heterocycles. The zero-order valence-electron chi connectivity index (χ0n) is 11.1. The second-order valence-corrected chi connectivity index (χ2v) is 4.30. The van der Waals surface area contributed by atoms with Crippen molar-refractivity contribution in [3.8, 4) is 0 Å². The van der Waals surface area contributed by atoms with Gasteiger partial charge >= 0.3 is 0 Å². The maximum atomic E-state index is 12.0. The van der Waals surface area contributed by atoms with Gasteiger partial charge in [-0.1, -0.05) is 6.07 Å². The minimum atomic E-state index is -0.136. The van der Waals surface area contributed by atoms with Crippen molar-refractivity contribution in [2.45, 2.75) is 6.10 Å². The van der Waals surface area contributed by atoms with Crippen LogP contribution in [0.2, 0.25) is 0 Å². The summed E-state index contributed by atoms with van der Waals surface area (Å²) in [6, 6.07) is 7.53. The van der Waals surface area contributed by atoms with Crippen molar-refractivity contribution < 1.29 is 14.3 Å². The van der Waals surface area contributed by atoms with Gasteiger partial charge in [0.1, 0.15) is 0 Å². The lowest BCUT2D eigenvalue weighted by atomic mass is 10.1. The van der Waals surface area contributed by atoms with Gasteiger partial charge in [-0.05, 0) is 23.6 Å². The molecule has 1 amide bonds. The number of aromatic nitrogens is 1. The van der Waals surface area contributed by atoms with Crippen LogP contribution in [-0.2, 0) is 9.47 Å². The van der Waals surface area contributed by atoms with Crippen molar-refractivity contribution in [3.05, 3.63) is 36.0 Å². The second kappa shape index (κ2) is 6.36. The molecule has 2 aromatic rings. The summed E-state index contributed by atoms with van der Waals surface area (Å²) in [7, 11) is 3.20. The number of benzene rings is 1. The first kappa shape index (κ1) is 13.6. The lowest BCUT2D eigenvalue weighted by Crippen LogP contribution is -2.35. The molecule has 1 atom stereocenters. The molecule has 2 rings (SSSR count). The number of amides is 1. The number of ether oxygens (including phenoxy) is 2. The summed E-state index contributed by atoms with van der Waals surface area (Å²) in [6.07, 6.45) is 1.72. The lowest BCUT2D eigenvalue weighted by molar-refractivity contribution is 0.0285. The van der Waals surface area contributed by atoms with Crippen LogP contribution in [0.4, 0.5) is 0 Å². The Morgan fingerprint density at radius 3 is 2.95 bits per heavy atom. The van der Waals surface area contributed by atoms with E-state index in [4.69, 9.17) is 9.47 Å². The third kappa shape index (κ3) is 3.33. The fourth-order valence-electron chi connectivity index (χ4n) is 1.89. The molecule has 0 aliphatic carbocycles. The average molecular weight is 262 g/mol. The van der Waals surface area contributed by atoms with Crippen molar-refractivity contribution in [3.63, 3.8) is 0 Å². The van der Waals surface area contributed by atoms with E-state index in [9.17, 15) is 4.79 Å². The summed E-state index contributed by atoms with van der Waals surface area (Å²) in [5, 5.41) is 3.92. The Bertz CT molecular complexity index is 550. The normalized spacial score (nSPS) is 12.5. The van der Waals surface area contributed by atoms with E-state index in [1.54, 1.807) is 14.2 Å². The summed E-state index contributed by atoms with van der Waals surface area (Å²) in [6.45, 7) is 0.873. The number of fused-ring (bicyclic) bond motifs is 1. The van der Waals surface area contributed by atoms with E-state index in [1.165, 1.54) is 0 Å². The van der Waals surface area contributed by atoms with Crippen LogP contribution < -0.4 is 5.32 Å². The first-order valence-corrected chi connectivity index (χ1v) is 6.11. The average Bonchev–Trinajstić information content (AvgIpc) is 2.90. The highest BCUT2D eigenvalue weighted by Gasteiger charge is 2.11. The molecule has 19 heavy (non-hydrogen) atoms. The Kier molecular flexibility index (Phi) is 4.54. The van der Waals surface area contributed by atoms with Gasteiger partial charge < -0.3 is 19.8 Å². The molecule has 1 unspecified atom stereocenters. The highest BCUT2D eigenvalue weighted by molar-refractivity contribution is 5.97. The molecule has 0 aliphatic heterocycles. The molecule has 5 heteroatoms. The fourth-order valence-corrected chi connectivity index (χ4v) is 1.89. The highest BCUT2D eigenvalue weighted by atomic mass is 16.5. The topological polar surface area (TPSA) is 63.3 Å². The molecular weight excluding hydrogens is 244 g/mol. The van der Waals surface area contributed by atoms with Crippen LogP contribution in [0.3, 0.4) is 0 Å². The lowest BCUT2D eigenvalue weighted by Gasteiger charge is -2.15. The summed E-state index contributed by atoms with van der Waals surface area (Å²) < 4.78 is 10.2. The summed E-state index contributed by atoms with van der Waals surface area (Å²) in [5.74, 6) is -0.116. The Morgan fingerprint density at radius 1 is 1.37 bits per heavy atom. The Labute approximate surface area is 111 Å². The Hall–Kier alpha value is -1.85. The van der Waals surface area contributed by atoms with Gasteiger partial charge in [-0.25, -0.2) is 0 Å². The molecule has 0 spiro atoms. The largest absolute Gasteiger partial charge is 0.382 e. The first-order valence-electron chi connectivity index (χ1n) is 6.11. The van der Waals surface area contributed by atoms with Crippen LogP contribution in [0, 0.1) is 0 Å². The summed E-state index contributed by atoms with van der Waals surface area (Å²) in [5.41, 5.74) is 1.58. The maximum Gasteiger partial charge on any atom is 0.251 e. The van der Waals surface area contributed by atoms with Gasteiger partial charge in [-0.3, -0.25) is 4.79 Å². The molecule has 0 radical (unpaired) electrons. The second-order valence-electron chi connectivity index (χ2n) is 4.30. The van der Waals surface area contributed by atoms with Crippen LogP contribution >= 0.6 is 0 Å². The fraction of sp³-hybridized carbons (Fsp3) is 0.357. The van der Waals surface area contributed by atoms with Gasteiger partial charge in [0.25, 0.3) is 5.91 Å². The number of rotatable bonds is 6. The molecule has 102 valence electrons. The van der Waals surface area contributed by atoms with E-state index in [0.29, 0.717) is 18.7 Å². The van der Waals surface area contributed by atoms with Crippen LogP contribution in [-0.4, -0.2) is 44.4 Å². The molecule has 0 fully saturated rings. The van der Waals surface area contributed by atoms with Gasteiger partial charge in [-0.15, -0.1) is 0 Å². The van der Waals surface area contributed by atoms with E-state index in [1.807, 2.05) is 30.5 Å². The van der Waals surface area contributed by atoms with Crippen molar-refractivity contribution in [1.29, 1.82) is 0 Å². The molecule has 1 aromatic heterocycles. The van der Waals surface area contributed by atoms with E-state index >= 15 is 0 Å². The smallest absolute Gasteiger partial charge is 0.251 e. The van der Waals surface area contributed by atoms with Crippen molar-refractivity contribution >= 4 is 16.8 Å². The van der Waals surface area contributed by atoms with E-state index < -0.39 is 0 Å². The number of aromatic amines is 1. The number of H-pyrrole nitrogens is 1. The maximum absolute atomic E-state index is 12.0. The third-order valence-corrected chi connectivity index (χ3v) is 2.99. The predicted octanol–water partition coefficient (Wildman–Crippen LogP) is 1.56. The molecule has 2 N–H and O–H groups in total. The van der Waals surface area contributed by atoms with Crippen LogP contribution in [0.5, 0.6) is 0 Å². The van der Waals surface area contributed by atoms with Crippen molar-refractivity contribution in [2.75, 3.05) is 27.4 Å². The van der Waals surface area contributed by atoms with Gasteiger partial charge in [0.2, 0.25) is 0 Å². The minimum Gasteiger partial charge on any atom is -0.382 e. The molecular formula is C14H18N2O3. The molecule has 1 aromatic carbocycles. The van der Waals surface area contributed by atoms with Gasteiger partial charge in [0.05, 0.1) is 12.7 Å². The molecule has 0 aliphatic rings. The monoisotopic (exact) mass is 262 g/mol. The number of nitrogens with one attached hydrogen (secondary N) is 2. The molecule has 0 bridgehead atoms. The number of methoxy groups -OCH3 is 2. The Morgan fingerprint density at radius 2 is 2.21 bits per heavy atom. The quantitative estimate of drug-likeness (QED) is 0.830. The van der Waals surface area contributed by atoms with Crippen LogP contribution in [0.15, 0.2) is 30.5 Å². The zero-order chi connectivity index (χ0) is 13.7. The summed E-state index contributed by atoms with van der Waals surface area (Å²) in [4.78, 5) is 15.1. The highest BCUT2D eigenvalue weighted by Crippen LogP contribution is 2.13. The van der Waals surface area contributed by atoms with E-state index in [0.717, 1.165) is 10.9 Å². The summed E-state index contributed by atoms with van der Waals surface area (Å²) >= 11 is 0. The number of carbonyl (C=O) groups excluding carboxylic acids is 1. The third-order valence-electron chi connectivity index (χ3n) is 2.99. The standard InChI is InChI=1S/C14H18N2O3/c1-18-9-12(19-2)8-16-14(17)11-4-3-10-5-6-15-13(10)7-11/h3-7,12,15H,8-9H2,1-2H3,(H,16,17). The number of carbonyl (C=O) groups is 1. The van der Waals surface area contributed by atoms with E-state index in [2.05, 4.69) is 10.3 Å². The molecule has 5 nitrogen and oxygen atoms in total. The predicted molar refractivity (Wildman–Crippen MR) is 73.3 cm³/mol. The zero-order valence-corrected chi connectivity index (χ0v) is 11.1.